The first-order chi connectivity index (χ1) is 8.29. The van der Waals surface area contributed by atoms with E-state index in [2.05, 4.69) is 4.98 Å². The van der Waals surface area contributed by atoms with Gasteiger partial charge in [-0.25, -0.2) is 0 Å². The van der Waals surface area contributed by atoms with Gasteiger partial charge in [-0.15, -0.1) is 11.8 Å². The van der Waals surface area contributed by atoms with Crippen molar-refractivity contribution in [1.82, 2.24) is 4.98 Å². The molecule has 0 bridgehead atoms. The van der Waals surface area contributed by atoms with Crippen LogP contribution in [-0.2, 0) is 12.4 Å². The van der Waals surface area contributed by atoms with E-state index >= 15 is 0 Å². The van der Waals surface area contributed by atoms with Crippen molar-refractivity contribution in [2.75, 3.05) is 5.73 Å². The predicted octanol–water partition coefficient (Wildman–Crippen LogP) is 2.45. The molecule has 0 spiro atoms. The number of benzene rings is 1. The first-order valence-electron chi connectivity index (χ1n) is 5.30. The maximum Gasteiger partial charge on any atom is 0.0681 e. The second-order valence-electron chi connectivity index (χ2n) is 3.68. The summed E-state index contributed by atoms with van der Waals surface area (Å²) in [6, 6.07) is 9.84. The first-order valence-corrected chi connectivity index (χ1v) is 6.29. The zero-order chi connectivity index (χ0) is 12.1. The molecule has 3 nitrogen and oxygen atoms in total. The average molecular weight is 246 g/mol. The Morgan fingerprint density at radius 2 is 1.82 bits per heavy atom. The van der Waals surface area contributed by atoms with Gasteiger partial charge in [0.2, 0.25) is 0 Å². The van der Waals surface area contributed by atoms with E-state index in [0.717, 1.165) is 16.2 Å². The smallest absolute Gasteiger partial charge is 0.0681 e. The van der Waals surface area contributed by atoms with Gasteiger partial charge in [0.15, 0.2) is 0 Å². The summed E-state index contributed by atoms with van der Waals surface area (Å²) in [6.45, 7) is 0.0880. The van der Waals surface area contributed by atoms with Crippen molar-refractivity contribution >= 4 is 17.4 Å². The van der Waals surface area contributed by atoms with Crippen LogP contribution in [0.5, 0.6) is 0 Å². The Hall–Kier alpha value is -1.52. The van der Waals surface area contributed by atoms with Gasteiger partial charge in [-0.3, -0.25) is 4.98 Å². The summed E-state index contributed by atoms with van der Waals surface area (Å²) in [5.74, 6) is 0.861. The number of nitrogens with two attached hydrogens (primary N) is 1. The molecule has 0 saturated carbocycles. The van der Waals surface area contributed by atoms with Gasteiger partial charge in [0, 0.05) is 16.8 Å². The molecule has 88 valence electrons. The molecule has 1 aromatic carbocycles. The van der Waals surface area contributed by atoms with Crippen LogP contribution in [0.15, 0.2) is 47.6 Å². The molecule has 0 aliphatic heterocycles. The highest BCUT2D eigenvalue weighted by Gasteiger charge is 2.00. The van der Waals surface area contributed by atoms with Crippen LogP contribution in [0.3, 0.4) is 0 Å². The Balaban J connectivity index is 2.00. The standard InChI is InChI=1S/C13H14N2OS/c14-12-7-15-6-5-13(12)17-9-11-3-1-10(8-16)2-4-11/h1-7,16H,8-9,14H2. The van der Waals surface area contributed by atoms with Crippen LogP contribution < -0.4 is 5.73 Å². The highest BCUT2D eigenvalue weighted by atomic mass is 32.2. The summed E-state index contributed by atoms with van der Waals surface area (Å²) in [5.41, 5.74) is 8.67. The molecule has 0 unspecified atom stereocenters. The van der Waals surface area contributed by atoms with E-state index in [1.54, 1.807) is 24.2 Å². The fourth-order valence-electron chi connectivity index (χ4n) is 1.43. The second kappa shape index (κ2) is 5.70. The van der Waals surface area contributed by atoms with E-state index in [1.165, 1.54) is 5.56 Å². The molecule has 0 amide bonds. The number of nitrogen functional groups attached to an aromatic ring is 1. The normalized spacial score (nSPS) is 10.4. The predicted molar refractivity (Wildman–Crippen MR) is 70.6 cm³/mol. The molecule has 3 N–H and O–H groups in total. The molecular weight excluding hydrogens is 232 g/mol. The van der Waals surface area contributed by atoms with E-state index in [0.29, 0.717) is 5.69 Å². The molecule has 0 aliphatic rings. The molecule has 0 fully saturated rings. The third kappa shape index (κ3) is 3.22. The van der Waals surface area contributed by atoms with Crippen molar-refractivity contribution in [1.29, 1.82) is 0 Å². The number of aliphatic hydroxyl groups is 1. The number of anilines is 1. The zero-order valence-corrected chi connectivity index (χ0v) is 10.2. The molecule has 2 rings (SSSR count). The highest BCUT2D eigenvalue weighted by molar-refractivity contribution is 7.98. The van der Waals surface area contributed by atoms with Gasteiger partial charge in [0.05, 0.1) is 18.5 Å². The number of pyridine rings is 1. The lowest BCUT2D eigenvalue weighted by atomic mass is 10.2. The molecule has 0 radical (unpaired) electrons. The highest BCUT2D eigenvalue weighted by Crippen LogP contribution is 2.26. The van der Waals surface area contributed by atoms with E-state index in [1.807, 2.05) is 30.3 Å². The number of aliphatic hydroxyl groups excluding tert-OH is 1. The second-order valence-corrected chi connectivity index (χ2v) is 4.69. The SMILES string of the molecule is Nc1cnccc1SCc1ccc(CO)cc1. The van der Waals surface area contributed by atoms with Gasteiger partial charge in [0.1, 0.15) is 0 Å². The van der Waals surface area contributed by atoms with Crippen LogP contribution in [0.2, 0.25) is 0 Å². The summed E-state index contributed by atoms with van der Waals surface area (Å²) >= 11 is 1.69. The summed E-state index contributed by atoms with van der Waals surface area (Å²) < 4.78 is 0. The van der Waals surface area contributed by atoms with Crippen molar-refractivity contribution in [2.45, 2.75) is 17.3 Å². The van der Waals surface area contributed by atoms with Gasteiger partial charge < -0.3 is 10.8 Å². The fourth-order valence-corrected chi connectivity index (χ4v) is 2.32. The van der Waals surface area contributed by atoms with E-state index in [9.17, 15) is 0 Å². The Labute approximate surface area is 105 Å². The number of thioether (sulfide) groups is 1. The van der Waals surface area contributed by atoms with Gasteiger partial charge in [-0.05, 0) is 17.2 Å². The summed E-state index contributed by atoms with van der Waals surface area (Å²) in [6.07, 6.45) is 3.41. The molecule has 17 heavy (non-hydrogen) atoms. The van der Waals surface area contributed by atoms with Gasteiger partial charge in [-0.1, -0.05) is 24.3 Å². The minimum atomic E-state index is 0.0880. The maximum absolute atomic E-state index is 8.94. The molecule has 1 aromatic heterocycles. The first kappa shape index (κ1) is 12.0. The minimum absolute atomic E-state index is 0.0880. The molecule has 1 heterocycles. The van der Waals surface area contributed by atoms with Gasteiger partial charge in [0.25, 0.3) is 0 Å². The quantitative estimate of drug-likeness (QED) is 0.814. The number of aromatic nitrogens is 1. The van der Waals surface area contributed by atoms with Gasteiger partial charge >= 0.3 is 0 Å². The van der Waals surface area contributed by atoms with Crippen LogP contribution in [0.4, 0.5) is 5.69 Å². The molecule has 4 heteroatoms. The Kier molecular flexibility index (Phi) is 4.01. The fraction of sp³-hybridized carbons (Fsp3) is 0.154. The van der Waals surface area contributed by atoms with Crippen LogP contribution in [0.25, 0.3) is 0 Å². The van der Waals surface area contributed by atoms with Gasteiger partial charge in [-0.2, -0.15) is 0 Å². The monoisotopic (exact) mass is 246 g/mol. The summed E-state index contributed by atoms with van der Waals surface area (Å²) in [5, 5.41) is 8.94. The molecule has 0 saturated heterocycles. The number of nitrogens with zero attached hydrogens (tertiary/aromatic N) is 1. The Morgan fingerprint density at radius 3 is 2.47 bits per heavy atom. The molecule has 0 atom stereocenters. The van der Waals surface area contributed by atoms with Crippen molar-refractivity contribution < 1.29 is 5.11 Å². The van der Waals surface area contributed by atoms with Crippen LogP contribution in [0, 0.1) is 0 Å². The topological polar surface area (TPSA) is 59.1 Å². The summed E-state index contributed by atoms with van der Waals surface area (Å²) in [7, 11) is 0. The van der Waals surface area contributed by atoms with Crippen LogP contribution in [-0.4, -0.2) is 10.1 Å². The summed E-state index contributed by atoms with van der Waals surface area (Å²) in [4.78, 5) is 5.00. The van der Waals surface area contributed by atoms with Crippen molar-refractivity contribution in [3.8, 4) is 0 Å². The zero-order valence-electron chi connectivity index (χ0n) is 9.34. The third-order valence-corrected chi connectivity index (χ3v) is 3.57. The van der Waals surface area contributed by atoms with E-state index < -0.39 is 0 Å². The number of hydrogen-bond acceptors (Lipinski definition) is 4. The van der Waals surface area contributed by atoms with Crippen LogP contribution >= 0.6 is 11.8 Å². The number of rotatable bonds is 4. The Morgan fingerprint density at radius 1 is 1.12 bits per heavy atom. The third-order valence-electron chi connectivity index (χ3n) is 2.41. The van der Waals surface area contributed by atoms with Crippen molar-refractivity contribution in [2.24, 2.45) is 0 Å². The maximum atomic E-state index is 8.94. The van der Waals surface area contributed by atoms with Crippen molar-refractivity contribution in [3.05, 3.63) is 53.9 Å². The van der Waals surface area contributed by atoms with Crippen molar-refractivity contribution in [3.63, 3.8) is 0 Å². The largest absolute Gasteiger partial charge is 0.397 e. The minimum Gasteiger partial charge on any atom is -0.397 e. The molecule has 2 aromatic rings. The van der Waals surface area contributed by atoms with Crippen LogP contribution in [0.1, 0.15) is 11.1 Å². The lowest BCUT2D eigenvalue weighted by molar-refractivity contribution is 0.282. The molecule has 0 aliphatic carbocycles. The molecular formula is C13H14N2OS. The average Bonchev–Trinajstić information content (AvgIpc) is 2.38. The van der Waals surface area contributed by atoms with E-state index in [4.69, 9.17) is 10.8 Å². The lowest BCUT2D eigenvalue weighted by Gasteiger charge is -2.05. The van der Waals surface area contributed by atoms with E-state index in [-0.39, 0.29) is 6.61 Å². The Bertz CT molecular complexity index is 485. The number of hydrogen-bond donors (Lipinski definition) is 2. The lowest BCUT2D eigenvalue weighted by Crippen LogP contribution is -1.90.